The molecule has 0 unspecified atom stereocenters. The van der Waals surface area contributed by atoms with Gasteiger partial charge in [0.2, 0.25) is 5.95 Å². The molecule has 8 heteroatoms. The number of hydrogen-bond acceptors (Lipinski definition) is 6. The van der Waals surface area contributed by atoms with Crippen LogP contribution in [-0.2, 0) is 0 Å². The molecule has 24 heavy (non-hydrogen) atoms. The molecule has 3 N–H and O–H groups in total. The van der Waals surface area contributed by atoms with Crippen molar-refractivity contribution >= 4 is 34.7 Å². The standard InChI is InChI=1S/C16H12ClN5O2/c17-11-4-2-5-12(8-11)19-16-20-14(9-15(18)21-16)10-3-1-6-13(7-10)22(23)24/h1-9H,(H3,18,19,20,21). The van der Waals surface area contributed by atoms with Gasteiger partial charge in [-0.3, -0.25) is 10.1 Å². The van der Waals surface area contributed by atoms with Crippen LogP contribution in [-0.4, -0.2) is 14.9 Å². The molecule has 0 saturated carbocycles. The molecule has 0 aliphatic rings. The SMILES string of the molecule is Nc1cc(-c2cccc([N+](=O)[O-])c2)nc(Nc2cccc(Cl)c2)n1. The third-order valence-electron chi connectivity index (χ3n) is 3.18. The second kappa shape index (κ2) is 6.51. The molecule has 0 aliphatic carbocycles. The highest BCUT2D eigenvalue weighted by Crippen LogP contribution is 2.25. The Kier molecular flexibility index (Phi) is 4.26. The molecule has 0 bridgehead atoms. The van der Waals surface area contributed by atoms with Gasteiger partial charge in [0.25, 0.3) is 5.69 Å². The van der Waals surface area contributed by atoms with Crippen molar-refractivity contribution in [1.29, 1.82) is 0 Å². The lowest BCUT2D eigenvalue weighted by Gasteiger charge is -2.08. The molecule has 3 aromatic rings. The first-order valence-corrected chi connectivity index (χ1v) is 7.31. The maximum absolute atomic E-state index is 10.9. The summed E-state index contributed by atoms with van der Waals surface area (Å²) in [6, 6.07) is 14.8. The summed E-state index contributed by atoms with van der Waals surface area (Å²) in [7, 11) is 0. The zero-order chi connectivity index (χ0) is 17.1. The van der Waals surface area contributed by atoms with Crippen LogP contribution in [0.3, 0.4) is 0 Å². The van der Waals surface area contributed by atoms with Crippen molar-refractivity contribution in [3.05, 3.63) is 69.7 Å². The summed E-state index contributed by atoms with van der Waals surface area (Å²) in [5.41, 5.74) is 7.57. The molecular weight excluding hydrogens is 330 g/mol. The smallest absolute Gasteiger partial charge is 0.270 e. The zero-order valence-corrected chi connectivity index (χ0v) is 13.1. The van der Waals surface area contributed by atoms with E-state index in [0.717, 1.165) is 0 Å². The Hall–Kier alpha value is -3.19. The van der Waals surface area contributed by atoms with Crippen molar-refractivity contribution in [2.24, 2.45) is 0 Å². The fourth-order valence-electron chi connectivity index (χ4n) is 2.14. The molecule has 0 radical (unpaired) electrons. The highest BCUT2D eigenvalue weighted by Gasteiger charge is 2.10. The summed E-state index contributed by atoms with van der Waals surface area (Å²) in [5, 5.41) is 14.5. The maximum atomic E-state index is 10.9. The number of nitrogens with zero attached hydrogens (tertiary/aromatic N) is 3. The average molecular weight is 342 g/mol. The average Bonchev–Trinajstić information content (AvgIpc) is 2.54. The van der Waals surface area contributed by atoms with Crippen LogP contribution in [0.25, 0.3) is 11.3 Å². The molecule has 0 saturated heterocycles. The van der Waals surface area contributed by atoms with E-state index in [1.807, 2.05) is 6.07 Å². The minimum atomic E-state index is -0.459. The number of halogens is 1. The molecule has 3 rings (SSSR count). The van der Waals surface area contributed by atoms with Crippen molar-refractivity contribution in [3.63, 3.8) is 0 Å². The van der Waals surface area contributed by atoms with Crippen molar-refractivity contribution in [2.75, 3.05) is 11.1 Å². The molecule has 1 aromatic heterocycles. The molecule has 2 aromatic carbocycles. The molecule has 0 atom stereocenters. The third-order valence-corrected chi connectivity index (χ3v) is 3.41. The molecule has 1 heterocycles. The maximum Gasteiger partial charge on any atom is 0.270 e. The van der Waals surface area contributed by atoms with Crippen LogP contribution in [0.1, 0.15) is 0 Å². The van der Waals surface area contributed by atoms with E-state index in [-0.39, 0.29) is 17.5 Å². The van der Waals surface area contributed by atoms with Gasteiger partial charge in [0, 0.05) is 34.5 Å². The van der Waals surface area contributed by atoms with Gasteiger partial charge in [0.1, 0.15) is 5.82 Å². The topological polar surface area (TPSA) is 107 Å². The van der Waals surface area contributed by atoms with E-state index >= 15 is 0 Å². The Morgan fingerprint density at radius 3 is 2.62 bits per heavy atom. The summed E-state index contributed by atoms with van der Waals surface area (Å²) in [6.45, 7) is 0. The number of benzene rings is 2. The number of aromatic nitrogens is 2. The number of rotatable bonds is 4. The number of non-ortho nitro benzene ring substituents is 1. The largest absolute Gasteiger partial charge is 0.384 e. The van der Waals surface area contributed by atoms with E-state index in [0.29, 0.717) is 22.0 Å². The molecule has 0 aliphatic heterocycles. The summed E-state index contributed by atoms with van der Waals surface area (Å²) in [6.07, 6.45) is 0. The fourth-order valence-corrected chi connectivity index (χ4v) is 2.33. The van der Waals surface area contributed by atoms with Crippen molar-refractivity contribution in [3.8, 4) is 11.3 Å². The van der Waals surface area contributed by atoms with Crippen LogP contribution in [0.4, 0.5) is 23.1 Å². The number of hydrogen-bond donors (Lipinski definition) is 2. The lowest BCUT2D eigenvalue weighted by atomic mass is 10.1. The second-order valence-corrected chi connectivity index (χ2v) is 5.38. The van der Waals surface area contributed by atoms with Crippen LogP contribution < -0.4 is 11.1 Å². The number of nitro benzene ring substituents is 1. The van der Waals surface area contributed by atoms with Crippen LogP contribution in [0, 0.1) is 10.1 Å². The third kappa shape index (κ3) is 3.58. The summed E-state index contributed by atoms with van der Waals surface area (Å²) >= 11 is 5.95. The lowest BCUT2D eigenvalue weighted by Crippen LogP contribution is -2.02. The van der Waals surface area contributed by atoms with E-state index in [1.165, 1.54) is 12.1 Å². The van der Waals surface area contributed by atoms with E-state index < -0.39 is 4.92 Å². The molecule has 0 amide bonds. The van der Waals surface area contributed by atoms with Crippen LogP contribution in [0.5, 0.6) is 0 Å². The number of nitrogens with one attached hydrogen (secondary N) is 1. The van der Waals surface area contributed by atoms with Crippen LogP contribution in [0.15, 0.2) is 54.6 Å². The number of nitrogens with two attached hydrogens (primary N) is 1. The van der Waals surface area contributed by atoms with Gasteiger partial charge < -0.3 is 11.1 Å². The highest BCUT2D eigenvalue weighted by atomic mass is 35.5. The molecule has 7 nitrogen and oxygen atoms in total. The van der Waals surface area contributed by atoms with E-state index in [9.17, 15) is 10.1 Å². The normalized spacial score (nSPS) is 10.4. The first-order chi connectivity index (χ1) is 11.5. The fraction of sp³-hybridized carbons (Fsp3) is 0. The molecule has 0 spiro atoms. The minimum Gasteiger partial charge on any atom is -0.384 e. The molecule has 0 fully saturated rings. The Balaban J connectivity index is 1.97. The van der Waals surface area contributed by atoms with E-state index in [2.05, 4.69) is 15.3 Å². The highest BCUT2D eigenvalue weighted by molar-refractivity contribution is 6.30. The monoisotopic (exact) mass is 341 g/mol. The van der Waals surface area contributed by atoms with Gasteiger partial charge in [-0.15, -0.1) is 0 Å². The van der Waals surface area contributed by atoms with Crippen molar-refractivity contribution in [1.82, 2.24) is 9.97 Å². The zero-order valence-electron chi connectivity index (χ0n) is 12.3. The summed E-state index contributed by atoms with van der Waals surface area (Å²) in [5.74, 6) is 0.523. The van der Waals surface area contributed by atoms with Gasteiger partial charge in [-0.05, 0) is 18.2 Å². The van der Waals surface area contributed by atoms with Gasteiger partial charge >= 0.3 is 0 Å². The summed E-state index contributed by atoms with van der Waals surface area (Å²) < 4.78 is 0. The predicted molar refractivity (Wildman–Crippen MR) is 93.3 cm³/mol. The Bertz CT molecular complexity index is 916. The van der Waals surface area contributed by atoms with Crippen LogP contribution >= 0.6 is 11.6 Å². The minimum absolute atomic E-state index is 0.0194. The Morgan fingerprint density at radius 1 is 1.08 bits per heavy atom. The van der Waals surface area contributed by atoms with Gasteiger partial charge in [-0.2, -0.15) is 4.98 Å². The quantitative estimate of drug-likeness (QED) is 0.548. The lowest BCUT2D eigenvalue weighted by molar-refractivity contribution is -0.384. The Morgan fingerprint density at radius 2 is 1.88 bits per heavy atom. The van der Waals surface area contributed by atoms with Gasteiger partial charge in [-0.25, -0.2) is 4.98 Å². The van der Waals surface area contributed by atoms with Crippen LogP contribution in [0.2, 0.25) is 5.02 Å². The first-order valence-electron chi connectivity index (χ1n) is 6.93. The predicted octanol–water partition coefficient (Wildman–Crippen LogP) is 4.03. The molecule has 120 valence electrons. The van der Waals surface area contributed by atoms with Gasteiger partial charge in [0.05, 0.1) is 10.6 Å². The molecular formula is C16H12ClN5O2. The van der Waals surface area contributed by atoms with E-state index in [4.69, 9.17) is 17.3 Å². The first kappa shape index (κ1) is 15.7. The van der Waals surface area contributed by atoms with E-state index in [1.54, 1.807) is 36.4 Å². The number of nitro groups is 1. The Labute approximate surface area is 142 Å². The summed E-state index contributed by atoms with van der Waals surface area (Å²) in [4.78, 5) is 18.9. The van der Waals surface area contributed by atoms with Gasteiger partial charge in [-0.1, -0.05) is 29.8 Å². The van der Waals surface area contributed by atoms with Gasteiger partial charge in [0.15, 0.2) is 0 Å². The number of anilines is 3. The second-order valence-electron chi connectivity index (χ2n) is 4.94. The number of nitrogen functional groups attached to an aromatic ring is 1. The van der Waals surface area contributed by atoms with Crippen molar-refractivity contribution in [2.45, 2.75) is 0 Å². The van der Waals surface area contributed by atoms with Crippen molar-refractivity contribution < 1.29 is 4.92 Å².